The number of rotatable bonds is 7. The Kier molecular flexibility index (Phi) is 11.3. The zero-order valence-electron chi connectivity index (χ0n) is 22.8. The van der Waals surface area contributed by atoms with Gasteiger partial charge in [0.15, 0.2) is 0 Å². The first-order valence-electron chi connectivity index (χ1n) is 12.6. The van der Waals surface area contributed by atoms with Crippen molar-refractivity contribution in [2.75, 3.05) is 19.1 Å². The average molecular weight is 535 g/mol. The van der Waals surface area contributed by atoms with Crippen molar-refractivity contribution in [2.45, 2.75) is 13.5 Å². The number of anilines is 1. The lowest BCUT2D eigenvalue weighted by Gasteiger charge is -2.20. The van der Waals surface area contributed by atoms with Gasteiger partial charge >= 0.3 is 0 Å². The third kappa shape index (κ3) is 8.48. The number of hydrogen-bond acceptors (Lipinski definition) is 5. The van der Waals surface area contributed by atoms with Crippen LogP contribution in [0.1, 0.15) is 29.2 Å². The van der Waals surface area contributed by atoms with Crippen molar-refractivity contribution >= 4 is 42.2 Å². The van der Waals surface area contributed by atoms with Gasteiger partial charge in [-0.05, 0) is 59.5 Å². The number of fused-ring (bicyclic) bond motifs is 1. The van der Waals surface area contributed by atoms with Gasteiger partial charge in [-0.2, -0.15) is 0 Å². The lowest BCUT2D eigenvalue weighted by molar-refractivity contribution is -0.126. The topological polar surface area (TPSA) is 59.0 Å². The predicted molar refractivity (Wildman–Crippen MR) is 162 cm³/mol. The van der Waals surface area contributed by atoms with Crippen molar-refractivity contribution in [2.24, 2.45) is 4.99 Å². The van der Waals surface area contributed by atoms with E-state index in [4.69, 9.17) is 4.79 Å². The van der Waals surface area contributed by atoms with Gasteiger partial charge in [-0.1, -0.05) is 72.8 Å². The molecule has 5 nitrogen and oxygen atoms in total. The first kappa shape index (κ1) is 29.5. The second kappa shape index (κ2) is 15.4. The smallest absolute Gasteiger partial charge is 0.292 e. The van der Waals surface area contributed by atoms with Crippen LogP contribution in [-0.4, -0.2) is 32.8 Å². The molecule has 0 unspecified atom stereocenters. The third-order valence-electron chi connectivity index (χ3n) is 5.96. The summed E-state index contributed by atoms with van der Waals surface area (Å²) in [6, 6.07) is 29.1. The van der Waals surface area contributed by atoms with Crippen molar-refractivity contribution in [3.63, 3.8) is 0 Å². The second-order valence-corrected chi connectivity index (χ2v) is 8.79. The molecule has 0 N–H and O–H groups in total. The molecule has 0 aliphatic carbocycles. The number of methoxy groups -OCH3 is 1. The van der Waals surface area contributed by atoms with Crippen molar-refractivity contribution in [3.8, 4) is 11.1 Å². The highest BCUT2D eigenvalue weighted by Crippen LogP contribution is 2.31. The van der Waals surface area contributed by atoms with Crippen molar-refractivity contribution in [1.29, 1.82) is 0 Å². The molecule has 1 aliphatic rings. The number of hydrogen-bond donors (Lipinski definition) is 0. The van der Waals surface area contributed by atoms with Gasteiger partial charge in [0.2, 0.25) is 0 Å². The maximum atomic E-state index is 14.7. The molecule has 40 heavy (non-hydrogen) atoms. The van der Waals surface area contributed by atoms with Crippen LogP contribution >= 0.6 is 0 Å². The van der Waals surface area contributed by atoms with Crippen LogP contribution in [-0.2, 0) is 20.9 Å². The fraction of sp³-hybridized carbons (Fsp3) is 0.118. The molecule has 0 spiro atoms. The van der Waals surface area contributed by atoms with Crippen LogP contribution in [0.3, 0.4) is 0 Å². The van der Waals surface area contributed by atoms with E-state index in [9.17, 15) is 9.18 Å². The molecule has 4 aromatic rings. The van der Waals surface area contributed by atoms with E-state index < -0.39 is 0 Å². The number of carbonyl (C=O) groups is 1. The molecule has 1 aliphatic heterocycles. The minimum atomic E-state index is -0.180. The first-order valence-corrected chi connectivity index (χ1v) is 12.6. The van der Waals surface area contributed by atoms with Gasteiger partial charge in [0.05, 0.1) is 12.8 Å². The van der Waals surface area contributed by atoms with Gasteiger partial charge in [0.25, 0.3) is 6.47 Å². The Balaban J connectivity index is 0.000000282. The van der Waals surface area contributed by atoms with Crippen molar-refractivity contribution in [1.82, 2.24) is 0 Å². The van der Waals surface area contributed by atoms with Crippen LogP contribution in [0, 0.1) is 5.82 Å². The zero-order chi connectivity index (χ0) is 28.7. The Labute approximate surface area is 234 Å². The lowest BCUT2D eigenvalue weighted by Crippen LogP contribution is -2.17. The third-order valence-corrected chi connectivity index (χ3v) is 5.96. The van der Waals surface area contributed by atoms with E-state index in [-0.39, 0.29) is 5.82 Å². The van der Waals surface area contributed by atoms with Crippen LogP contribution in [0.2, 0.25) is 0 Å². The highest BCUT2D eigenvalue weighted by atomic mass is 19.1. The molecule has 0 saturated heterocycles. The van der Waals surface area contributed by atoms with Crippen LogP contribution in [0.4, 0.5) is 15.8 Å². The molecule has 6 heteroatoms. The fourth-order valence-corrected chi connectivity index (χ4v) is 3.91. The average Bonchev–Trinajstić information content (AvgIpc) is 2.96. The van der Waals surface area contributed by atoms with Gasteiger partial charge in [-0.25, -0.2) is 9.18 Å². The number of carbonyl (C=O) groups excluding carboxylic acids is 2. The van der Waals surface area contributed by atoms with Gasteiger partial charge in [-0.3, -0.25) is 9.79 Å². The quantitative estimate of drug-likeness (QED) is 0.160. The number of halogens is 1. The summed E-state index contributed by atoms with van der Waals surface area (Å²) in [5.74, 6) is 1.53. The number of allylic oxidation sites excluding steroid dienone is 1. The predicted octanol–water partition coefficient (Wildman–Crippen LogP) is 7.55. The van der Waals surface area contributed by atoms with Crippen LogP contribution < -0.4 is 4.90 Å². The summed E-state index contributed by atoms with van der Waals surface area (Å²) in [5.41, 5.74) is 7.79. The SMILES string of the molecule is C/C=C/c1cccc(N(C)Cc2ccc(-c3ccc4c(c3)C=N4)cc2F)c1.COC=O.O=C=Cc1ccccc1. The van der Waals surface area contributed by atoms with E-state index >= 15 is 0 Å². The lowest BCUT2D eigenvalue weighted by atomic mass is 9.99. The summed E-state index contributed by atoms with van der Waals surface area (Å²) in [5, 5.41) is 0. The number of benzene rings is 4. The van der Waals surface area contributed by atoms with E-state index in [1.54, 1.807) is 12.0 Å². The number of ether oxygens (including phenoxy) is 1. The molecule has 202 valence electrons. The Morgan fingerprint density at radius 3 is 2.23 bits per heavy atom. The number of aliphatic imine (C=N–C) groups is 1. The minimum absolute atomic E-state index is 0.180. The summed E-state index contributed by atoms with van der Waals surface area (Å²) in [6.07, 6.45) is 7.31. The fourth-order valence-electron chi connectivity index (χ4n) is 3.91. The van der Waals surface area contributed by atoms with E-state index in [2.05, 4.69) is 38.9 Å². The van der Waals surface area contributed by atoms with Gasteiger partial charge in [0, 0.05) is 42.7 Å². The molecule has 1 heterocycles. The molecular weight excluding hydrogens is 503 g/mol. The Hall–Kier alpha value is -5.06. The monoisotopic (exact) mass is 534 g/mol. The zero-order valence-corrected chi connectivity index (χ0v) is 22.8. The summed E-state index contributed by atoms with van der Waals surface area (Å²) in [7, 11) is 3.30. The van der Waals surface area contributed by atoms with Crippen molar-refractivity contribution < 1.29 is 18.7 Å². The minimum Gasteiger partial charge on any atom is -0.471 e. The molecule has 0 radical (unpaired) electrons. The Bertz CT molecular complexity index is 1520. The highest BCUT2D eigenvalue weighted by molar-refractivity contribution is 5.98. The Morgan fingerprint density at radius 1 is 0.925 bits per heavy atom. The summed E-state index contributed by atoms with van der Waals surface area (Å²) in [4.78, 5) is 25.0. The van der Waals surface area contributed by atoms with E-state index in [1.807, 2.05) is 93.0 Å². The van der Waals surface area contributed by atoms with Crippen LogP contribution in [0.5, 0.6) is 0 Å². The highest BCUT2D eigenvalue weighted by Gasteiger charge is 2.12. The van der Waals surface area contributed by atoms with Gasteiger partial charge in [0.1, 0.15) is 11.8 Å². The van der Waals surface area contributed by atoms with E-state index in [1.165, 1.54) is 13.2 Å². The number of nitrogens with zero attached hydrogens (tertiary/aromatic N) is 2. The second-order valence-electron chi connectivity index (χ2n) is 8.79. The summed E-state index contributed by atoms with van der Waals surface area (Å²) < 4.78 is 18.6. The van der Waals surface area contributed by atoms with E-state index in [0.29, 0.717) is 18.6 Å². The van der Waals surface area contributed by atoms with Gasteiger partial charge < -0.3 is 9.64 Å². The molecular formula is C34H31FN2O3. The molecule has 0 aromatic heterocycles. The normalized spacial score (nSPS) is 10.5. The molecule has 0 amide bonds. The molecule has 0 fully saturated rings. The molecule has 0 bridgehead atoms. The Morgan fingerprint density at radius 2 is 1.62 bits per heavy atom. The maximum absolute atomic E-state index is 14.7. The summed E-state index contributed by atoms with van der Waals surface area (Å²) in [6.45, 7) is 2.89. The molecule has 5 rings (SSSR count). The van der Waals surface area contributed by atoms with E-state index in [0.717, 1.165) is 39.2 Å². The van der Waals surface area contributed by atoms with Crippen molar-refractivity contribution in [3.05, 3.63) is 125 Å². The van der Waals surface area contributed by atoms with Crippen LogP contribution in [0.25, 0.3) is 23.3 Å². The molecule has 4 aromatic carbocycles. The summed E-state index contributed by atoms with van der Waals surface area (Å²) >= 11 is 0. The standard InChI is InChI=1S/C24H21FN2.C8H6O.C2H4O2/c1-3-5-17-6-4-7-22(12-17)27(2)16-20-9-8-19(14-23(20)25)18-10-11-24-21(13-18)15-26-24;9-7-6-8-4-2-1-3-5-8;1-4-2-3/h3-15H,16H2,1-2H3;1-6H;2H,1H3/b5-3+;;. The first-order chi connectivity index (χ1) is 19.5. The van der Waals surface area contributed by atoms with Crippen LogP contribution in [0.15, 0.2) is 102 Å². The van der Waals surface area contributed by atoms with Gasteiger partial charge in [-0.15, -0.1) is 0 Å². The largest absolute Gasteiger partial charge is 0.471 e. The maximum Gasteiger partial charge on any atom is 0.292 e. The molecule has 0 saturated carbocycles. The molecule has 0 atom stereocenters.